The lowest BCUT2D eigenvalue weighted by atomic mass is 9.80. The Bertz CT molecular complexity index is 622. The molecule has 2 atom stereocenters. The summed E-state index contributed by atoms with van der Waals surface area (Å²) < 4.78 is 5.44. The maximum atomic E-state index is 12.4. The van der Waals surface area contributed by atoms with Gasteiger partial charge < -0.3 is 9.73 Å². The van der Waals surface area contributed by atoms with Crippen LogP contribution < -0.4 is 5.32 Å². The molecule has 1 aliphatic rings. The molecule has 0 bridgehead atoms. The molecule has 21 heavy (non-hydrogen) atoms. The van der Waals surface area contributed by atoms with E-state index in [2.05, 4.69) is 21.2 Å². The molecule has 2 aromatic rings. The average Bonchev–Trinajstić information content (AvgIpc) is 2.97. The second kappa shape index (κ2) is 6.65. The molecule has 1 aromatic carbocycles. The van der Waals surface area contributed by atoms with Crippen molar-refractivity contribution >= 4 is 32.8 Å². The molecule has 1 amide bonds. The fraction of sp³-hybridized carbons (Fsp3) is 0.471. The van der Waals surface area contributed by atoms with Crippen LogP contribution in [0.15, 0.2) is 34.9 Å². The molecule has 4 heteroatoms. The lowest BCUT2D eigenvalue weighted by Crippen LogP contribution is -2.34. The van der Waals surface area contributed by atoms with Crippen LogP contribution >= 0.6 is 15.9 Å². The number of para-hydroxylation sites is 1. The van der Waals surface area contributed by atoms with Crippen molar-refractivity contribution in [1.82, 2.24) is 5.32 Å². The topological polar surface area (TPSA) is 42.2 Å². The highest BCUT2D eigenvalue weighted by atomic mass is 79.9. The maximum Gasteiger partial charge on any atom is 0.255 e. The summed E-state index contributed by atoms with van der Waals surface area (Å²) in [5, 5.41) is 5.01. The van der Waals surface area contributed by atoms with Crippen LogP contribution in [0.4, 0.5) is 0 Å². The molecule has 0 radical (unpaired) electrons. The monoisotopic (exact) mass is 349 g/mol. The quantitative estimate of drug-likeness (QED) is 0.833. The number of carbonyl (C=O) groups excluding carboxylic acids is 1. The van der Waals surface area contributed by atoms with E-state index in [1.807, 2.05) is 24.3 Å². The highest BCUT2D eigenvalue weighted by Gasteiger charge is 2.25. The third-order valence-corrected chi connectivity index (χ3v) is 5.35. The molecular weight excluding hydrogens is 330 g/mol. The molecule has 2 unspecified atom stereocenters. The number of hydrogen-bond acceptors (Lipinski definition) is 2. The number of amides is 1. The van der Waals surface area contributed by atoms with E-state index in [1.165, 1.54) is 25.7 Å². The molecule has 112 valence electrons. The summed E-state index contributed by atoms with van der Waals surface area (Å²) in [4.78, 5) is 12.4. The fourth-order valence-electron chi connectivity index (χ4n) is 3.23. The molecule has 1 heterocycles. The number of fused-ring (bicyclic) bond motifs is 1. The van der Waals surface area contributed by atoms with E-state index in [4.69, 9.17) is 4.42 Å². The zero-order chi connectivity index (χ0) is 14.7. The molecule has 0 spiro atoms. The second-order valence-corrected chi connectivity index (χ2v) is 6.46. The van der Waals surface area contributed by atoms with Gasteiger partial charge in [-0.3, -0.25) is 4.79 Å². The van der Waals surface area contributed by atoms with E-state index in [-0.39, 0.29) is 5.91 Å². The standard InChI is InChI=1S/C17H20BrNO2/c18-9-12-5-1-2-6-13(12)10-19-17(20)15-11-21-16-8-4-3-7-14(15)16/h3-4,7-8,11-13H,1-2,5-6,9-10H2,(H,19,20). The second-order valence-electron chi connectivity index (χ2n) is 5.81. The highest BCUT2D eigenvalue weighted by Crippen LogP contribution is 2.31. The van der Waals surface area contributed by atoms with Crippen molar-refractivity contribution in [2.45, 2.75) is 25.7 Å². The van der Waals surface area contributed by atoms with E-state index in [1.54, 1.807) is 6.26 Å². The summed E-state index contributed by atoms with van der Waals surface area (Å²) in [5.74, 6) is 1.24. The number of rotatable bonds is 4. The summed E-state index contributed by atoms with van der Waals surface area (Å²) in [6, 6.07) is 7.65. The van der Waals surface area contributed by atoms with Gasteiger partial charge in [0.05, 0.1) is 5.56 Å². The predicted octanol–water partition coefficient (Wildman–Crippen LogP) is 4.36. The molecule has 1 aliphatic carbocycles. The minimum Gasteiger partial charge on any atom is -0.463 e. The number of benzene rings is 1. The van der Waals surface area contributed by atoms with Crippen molar-refractivity contribution in [1.29, 1.82) is 0 Å². The number of hydrogen-bond donors (Lipinski definition) is 1. The molecule has 3 nitrogen and oxygen atoms in total. The Morgan fingerprint density at radius 1 is 1.24 bits per heavy atom. The van der Waals surface area contributed by atoms with Gasteiger partial charge in [0.2, 0.25) is 0 Å². The normalized spacial score (nSPS) is 22.3. The molecule has 0 aliphatic heterocycles. The Labute approximate surface area is 133 Å². The number of nitrogens with one attached hydrogen (secondary N) is 1. The smallest absolute Gasteiger partial charge is 0.255 e. The first kappa shape index (κ1) is 14.6. The van der Waals surface area contributed by atoms with Crippen LogP contribution in [0, 0.1) is 11.8 Å². The van der Waals surface area contributed by atoms with Gasteiger partial charge in [0.15, 0.2) is 0 Å². The predicted molar refractivity (Wildman–Crippen MR) is 87.8 cm³/mol. The van der Waals surface area contributed by atoms with Gasteiger partial charge in [0.25, 0.3) is 5.91 Å². The van der Waals surface area contributed by atoms with E-state index < -0.39 is 0 Å². The van der Waals surface area contributed by atoms with Gasteiger partial charge in [-0.15, -0.1) is 0 Å². The van der Waals surface area contributed by atoms with Gasteiger partial charge in [0, 0.05) is 17.3 Å². The van der Waals surface area contributed by atoms with E-state index in [0.29, 0.717) is 17.4 Å². The summed E-state index contributed by atoms with van der Waals surface area (Å²) in [6.07, 6.45) is 6.62. The first-order valence-electron chi connectivity index (χ1n) is 7.60. The molecular formula is C17H20BrNO2. The summed E-state index contributed by atoms with van der Waals surface area (Å²) in [5.41, 5.74) is 1.40. The number of carbonyl (C=O) groups is 1. The molecule has 1 saturated carbocycles. The molecule has 1 N–H and O–H groups in total. The van der Waals surface area contributed by atoms with Crippen molar-refractivity contribution in [2.24, 2.45) is 11.8 Å². The Hall–Kier alpha value is -1.29. The largest absolute Gasteiger partial charge is 0.463 e. The molecule has 3 rings (SSSR count). The third-order valence-electron chi connectivity index (χ3n) is 4.52. The minimum absolute atomic E-state index is 0.0288. The Kier molecular flexibility index (Phi) is 4.63. The van der Waals surface area contributed by atoms with E-state index >= 15 is 0 Å². The van der Waals surface area contributed by atoms with Crippen LogP contribution in [0.3, 0.4) is 0 Å². The summed E-state index contributed by atoms with van der Waals surface area (Å²) >= 11 is 3.60. The number of alkyl halides is 1. The zero-order valence-electron chi connectivity index (χ0n) is 12.0. The number of furan rings is 1. The van der Waals surface area contributed by atoms with E-state index in [9.17, 15) is 4.79 Å². The summed E-state index contributed by atoms with van der Waals surface area (Å²) in [6.45, 7) is 0.759. The molecule has 1 fully saturated rings. The molecule has 0 saturated heterocycles. The highest BCUT2D eigenvalue weighted by molar-refractivity contribution is 9.09. The van der Waals surface area contributed by atoms with Gasteiger partial charge in [-0.2, -0.15) is 0 Å². The molecule has 1 aromatic heterocycles. The van der Waals surface area contributed by atoms with Crippen molar-refractivity contribution in [3.05, 3.63) is 36.1 Å². The van der Waals surface area contributed by atoms with Crippen LogP contribution in [0.1, 0.15) is 36.0 Å². The van der Waals surface area contributed by atoms with Gasteiger partial charge in [-0.25, -0.2) is 0 Å². The zero-order valence-corrected chi connectivity index (χ0v) is 13.6. The van der Waals surface area contributed by atoms with Gasteiger partial charge >= 0.3 is 0 Å². The first-order valence-corrected chi connectivity index (χ1v) is 8.72. The lowest BCUT2D eigenvalue weighted by Gasteiger charge is -2.30. The lowest BCUT2D eigenvalue weighted by molar-refractivity contribution is 0.0938. The van der Waals surface area contributed by atoms with Crippen LogP contribution in [0.5, 0.6) is 0 Å². The Morgan fingerprint density at radius 3 is 2.81 bits per heavy atom. The van der Waals surface area contributed by atoms with Crippen LogP contribution in [-0.4, -0.2) is 17.8 Å². The van der Waals surface area contributed by atoms with E-state index in [0.717, 1.165) is 22.8 Å². The first-order chi connectivity index (χ1) is 10.3. The van der Waals surface area contributed by atoms with Crippen LogP contribution in [0.2, 0.25) is 0 Å². The average molecular weight is 350 g/mol. The SMILES string of the molecule is O=C(NCC1CCCCC1CBr)c1coc2ccccc12. The minimum atomic E-state index is -0.0288. The van der Waals surface area contributed by atoms with Crippen molar-refractivity contribution in [3.63, 3.8) is 0 Å². The third kappa shape index (κ3) is 3.15. The van der Waals surface area contributed by atoms with Gasteiger partial charge in [0.1, 0.15) is 11.8 Å². The van der Waals surface area contributed by atoms with Gasteiger partial charge in [-0.1, -0.05) is 47.0 Å². The van der Waals surface area contributed by atoms with Crippen molar-refractivity contribution in [3.8, 4) is 0 Å². The number of halogens is 1. The van der Waals surface area contributed by atoms with Crippen molar-refractivity contribution < 1.29 is 9.21 Å². The fourth-order valence-corrected chi connectivity index (χ4v) is 4.08. The van der Waals surface area contributed by atoms with Gasteiger partial charge in [-0.05, 0) is 30.7 Å². The Morgan fingerprint density at radius 2 is 2.00 bits per heavy atom. The summed E-state index contributed by atoms with van der Waals surface area (Å²) in [7, 11) is 0. The van der Waals surface area contributed by atoms with Crippen LogP contribution in [0.25, 0.3) is 11.0 Å². The maximum absolute atomic E-state index is 12.4. The van der Waals surface area contributed by atoms with Crippen LogP contribution in [-0.2, 0) is 0 Å². The van der Waals surface area contributed by atoms with Crippen molar-refractivity contribution in [2.75, 3.05) is 11.9 Å². The Balaban J connectivity index is 1.66.